The van der Waals surface area contributed by atoms with Gasteiger partial charge in [-0.15, -0.1) is 5.54 Å². The molecular weight excluding hydrogens is 621 g/mol. The third kappa shape index (κ3) is 21.2. The van der Waals surface area contributed by atoms with E-state index in [0.717, 1.165) is 125 Å². The summed E-state index contributed by atoms with van der Waals surface area (Å²) >= 11 is 0. The summed E-state index contributed by atoms with van der Waals surface area (Å²) in [6.07, 6.45) is 15.6. The summed E-state index contributed by atoms with van der Waals surface area (Å²) in [6.45, 7) is 28.2. The van der Waals surface area contributed by atoms with Gasteiger partial charge in [-0.2, -0.15) is 0 Å². The minimum atomic E-state index is -1.49. The number of hydrogen-bond donors (Lipinski definition) is 1. The van der Waals surface area contributed by atoms with Crippen molar-refractivity contribution in [3.63, 3.8) is 0 Å². The molecule has 0 heterocycles. The van der Waals surface area contributed by atoms with Gasteiger partial charge in [-0.1, -0.05) is 180 Å². The molecule has 0 saturated heterocycles. The average molecular weight is 693 g/mol. The van der Waals surface area contributed by atoms with Crippen molar-refractivity contribution in [2.45, 2.75) is 197 Å². The number of rotatable bonds is 16. The predicted molar refractivity (Wildman–Crippen MR) is 226 cm³/mol. The second kappa shape index (κ2) is 26.7. The van der Waals surface area contributed by atoms with Crippen LogP contribution in [0.25, 0.3) is 0 Å². The summed E-state index contributed by atoms with van der Waals surface area (Å²) in [5.41, 5.74) is 11.9. The first kappa shape index (κ1) is 46.9. The van der Waals surface area contributed by atoms with Gasteiger partial charge in [-0.25, -0.2) is 0 Å². The smallest absolute Gasteiger partial charge is 0.129 e. The fourth-order valence-corrected chi connectivity index (χ4v) is 5.78. The Bertz CT molecular complexity index is 1390. The lowest BCUT2D eigenvalue weighted by molar-refractivity contribution is 0.143. The Kier molecular flexibility index (Phi) is 25.1. The Balaban J connectivity index is 7.65. The predicted octanol–water partition coefficient (Wildman–Crippen LogP) is 13.2. The fourth-order valence-electron chi connectivity index (χ4n) is 5.25. The molecule has 0 aliphatic heterocycles. The SMILES string of the molecule is CCC/C(C#C/C(CCC)=C(/C#C/C(CCC)=C(/C#C[Si](C)(C)C)CCC)CCC)=C(\C#C/C(CCC)=C(/C#CC(C)(C)O)CCC)CCC. The molecule has 0 aromatic heterocycles. The van der Waals surface area contributed by atoms with Crippen molar-refractivity contribution in [1.29, 1.82) is 0 Å². The van der Waals surface area contributed by atoms with Crippen molar-refractivity contribution in [1.82, 2.24) is 0 Å². The lowest BCUT2D eigenvalue weighted by atomic mass is 9.95. The average Bonchev–Trinajstić information content (AvgIpc) is 3.04. The van der Waals surface area contributed by atoms with E-state index < -0.39 is 13.7 Å². The molecule has 0 aromatic carbocycles. The molecule has 0 amide bonds. The summed E-state index contributed by atoms with van der Waals surface area (Å²) in [6, 6.07) is 0. The summed E-state index contributed by atoms with van der Waals surface area (Å²) in [5.74, 6) is 31.8. The Morgan fingerprint density at radius 3 is 0.760 bits per heavy atom. The van der Waals surface area contributed by atoms with Gasteiger partial charge in [0, 0.05) is 44.6 Å². The molecule has 0 radical (unpaired) electrons. The highest BCUT2D eigenvalue weighted by Crippen LogP contribution is 2.22. The van der Waals surface area contributed by atoms with Gasteiger partial charge in [0.25, 0.3) is 0 Å². The number of aliphatic hydroxyl groups is 1. The van der Waals surface area contributed by atoms with Crippen LogP contribution in [0.2, 0.25) is 19.6 Å². The van der Waals surface area contributed by atoms with E-state index in [0.29, 0.717) is 0 Å². The van der Waals surface area contributed by atoms with Gasteiger partial charge in [0.15, 0.2) is 0 Å². The summed E-state index contributed by atoms with van der Waals surface area (Å²) < 4.78 is 0. The summed E-state index contributed by atoms with van der Waals surface area (Å²) in [4.78, 5) is 0. The van der Waals surface area contributed by atoms with E-state index in [1.54, 1.807) is 13.8 Å². The molecule has 2 heteroatoms. The van der Waals surface area contributed by atoms with E-state index in [2.05, 4.69) is 134 Å². The lowest BCUT2D eigenvalue weighted by Gasteiger charge is -2.09. The van der Waals surface area contributed by atoms with E-state index in [9.17, 15) is 5.11 Å². The topological polar surface area (TPSA) is 20.2 Å². The Labute approximate surface area is 312 Å². The monoisotopic (exact) mass is 693 g/mol. The normalized spacial score (nSPS) is 13.2. The minimum absolute atomic E-state index is 0.869. The Morgan fingerprint density at radius 2 is 0.580 bits per heavy atom. The maximum absolute atomic E-state index is 10.3. The third-order valence-electron chi connectivity index (χ3n) is 7.66. The van der Waals surface area contributed by atoms with Gasteiger partial charge >= 0.3 is 0 Å². The lowest BCUT2D eigenvalue weighted by Crippen LogP contribution is -2.16. The second-order valence-corrected chi connectivity index (χ2v) is 19.6. The van der Waals surface area contributed by atoms with Crippen LogP contribution in [0.1, 0.15) is 172 Å². The van der Waals surface area contributed by atoms with Crippen LogP contribution in [0.15, 0.2) is 44.6 Å². The van der Waals surface area contributed by atoms with Crippen LogP contribution in [-0.4, -0.2) is 18.8 Å². The summed E-state index contributed by atoms with van der Waals surface area (Å²) in [5, 5.41) is 10.3. The molecule has 0 bridgehead atoms. The van der Waals surface area contributed by atoms with Gasteiger partial charge in [-0.05, 0) is 65.2 Å². The molecule has 0 atom stereocenters. The molecule has 0 aliphatic rings. The molecule has 1 nitrogen and oxygen atoms in total. The van der Waals surface area contributed by atoms with E-state index in [1.807, 2.05) is 0 Å². The molecular formula is C48H72OSi. The number of allylic oxidation sites excluding steroid dienone is 8. The van der Waals surface area contributed by atoms with Crippen molar-refractivity contribution >= 4 is 8.07 Å². The highest BCUT2D eigenvalue weighted by Gasteiger charge is 2.11. The van der Waals surface area contributed by atoms with E-state index in [4.69, 9.17) is 0 Å². The molecule has 1 N–H and O–H groups in total. The first-order chi connectivity index (χ1) is 23.7. The Morgan fingerprint density at radius 1 is 0.380 bits per heavy atom. The van der Waals surface area contributed by atoms with Gasteiger partial charge < -0.3 is 5.11 Å². The molecule has 0 unspecified atom stereocenters. The van der Waals surface area contributed by atoms with Gasteiger partial charge in [0.1, 0.15) is 13.7 Å². The van der Waals surface area contributed by atoms with Crippen molar-refractivity contribution in [3.8, 4) is 58.8 Å². The molecule has 0 fully saturated rings. The molecule has 50 heavy (non-hydrogen) atoms. The molecule has 274 valence electrons. The fraction of sp³-hybridized carbons (Fsp3) is 0.625. The van der Waals surface area contributed by atoms with E-state index in [-0.39, 0.29) is 0 Å². The second-order valence-electron chi connectivity index (χ2n) is 14.9. The van der Waals surface area contributed by atoms with Crippen LogP contribution in [0.4, 0.5) is 0 Å². The van der Waals surface area contributed by atoms with Crippen molar-refractivity contribution in [2.75, 3.05) is 0 Å². The maximum atomic E-state index is 10.3. The molecule has 0 saturated carbocycles. The zero-order chi connectivity index (χ0) is 38.0. The van der Waals surface area contributed by atoms with E-state index >= 15 is 0 Å². The zero-order valence-corrected chi connectivity index (χ0v) is 35.8. The largest absolute Gasteiger partial charge is 0.378 e. The molecule has 0 spiro atoms. The third-order valence-corrected chi connectivity index (χ3v) is 8.53. The minimum Gasteiger partial charge on any atom is -0.378 e. The van der Waals surface area contributed by atoms with Crippen LogP contribution in [0.5, 0.6) is 0 Å². The van der Waals surface area contributed by atoms with Crippen LogP contribution in [0.3, 0.4) is 0 Å². The Hall–Kier alpha value is -3.06. The van der Waals surface area contributed by atoms with Crippen molar-refractivity contribution < 1.29 is 5.11 Å². The van der Waals surface area contributed by atoms with E-state index in [1.165, 1.54) is 22.3 Å². The molecule has 0 aliphatic carbocycles. The van der Waals surface area contributed by atoms with Crippen LogP contribution in [-0.2, 0) is 0 Å². The first-order valence-corrected chi connectivity index (χ1v) is 23.5. The number of hydrogen-bond acceptors (Lipinski definition) is 1. The standard InChI is InChI=1S/C48H72OSi/c1-14-22-40(42(24-16-3)32-34-44(26-18-5)46(28-20-7)36-38-48(9,10)49)30-31-41(23-15-2)43(25-17-4)33-35-45(27-19-6)47(29-21-8)37-39-50(11,12)13/h49H,14-29H2,1-13H3/b42-40+,43-41+,46-44+,47-45+. The molecule has 0 rings (SSSR count). The van der Waals surface area contributed by atoms with Gasteiger partial charge in [0.2, 0.25) is 0 Å². The van der Waals surface area contributed by atoms with Crippen molar-refractivity contribution in [3.05, 3.63) is 44.6 Å². The molecule has 0 aromatic rings. The quantitative estimate of drug-likeness (QED) is 0.126. The maximum Gasteiger partial charge on any atom is 0.129 e. The van der Waals surface area contributed by atoms with Gasteiger partial charge in [-0.3, -0.25) is 0 Å². The zero-order valence-electron chi connectivity index (χ0n) is 34.8. The highest BCUT2D eigenvalue weighted by atomic mass is 28.3. The summed E-state index contributed by atoms with van der Waals surface area (Å²) in [7, 11) is -1.49. The first-order valence-electron chi connectivity index (χ1n) is 20.0. The van der Waals surface area contributed by atoms with Gasteiger partial charge in [0.05, 0.1) is 0 Å². The highest BCUT2D eigenvalue weighted by molar-refractivity contribution is 6.83. The van der Waals surface area contributed by atoms with Crippen molar-refractivity contribution in [2.24, 2.45) is 0 Å². The van der Waals surface area contributed by atoms with Crippen LogP contribution >= 0.6 is 0 Å². The van der Waals surface area contributed by atoms with Crippen LogP contribution < -0.4 is 0 Å². The van der Waals surface area contributed by atoms with Crippen LogP contribution in [0, 0.1) is 58.8 Å².